The fourth-order valence-electron chi connectivity index (χ4n) is 0.629. The number of primary amides is 1. The molecular weight excluding hydrogens is 174 g/mol. The smallest absolute Gasteiger partial charge is 0.260 e. The molecule has 3 N–H and O–H groups in total. The van der Waals surface area contributed by atoms with Crippen molar-refractivity contribution in [2.75, 3.05) is 11.9 Å². The molecule has 0 bridgehead atoms. The van der Waals surface area contributed by atoms with Gasteiger partial charge in [0, 0.05) is 6.54 Å². The molecule has 1 aromatic rings. The van der Waals surface area contributed by atoms with Crippen LogP contribution in [0.3, 0.4) is 0 Å². The molecule has 0 atom stereocenters. The minimum Gasteiger partial charge on any atom is -0.365 e. The summed E-state index contributed by atoms with van der Waals surface area (Å²) in [5, 5.41) is 3.64. The van der Waals surface area contributed by atoms with Gasteiger partial charge in [0.05, 0.1) is 6.20 Å². The minimum absolute atomic E-state index is 0.445. The van der Waals surface area contributed by atoms with Gasteiger partial charge in [-0.3, -0.25) is 4.79 Å². The van der Waals surface area contributed by atoms with E-state index < -0.39 is 5.91 Å². The molecular formula is C7H9N3OS. The first-order valence-electron chi connectivity index (χ1n) is 3.34. The summed E-state index contributed by atoms with van der Waals surface area (Å²) in [6.07, 6.45) is 3.17. The van der Waals surface area contributed by atoms with Crippen LogP contribution >= 0.6 is 11.3 Å². The highest BCUT2D eigenvalue weighted by molar-refractivity contribution is 7.17. The van der Waals surface area contributed by atoms with Gasteiger partial charge in [0.15, 0.2) is 5.13 Å². The highest BCUT2D eigenvalue weighted by atomic mass is 32.1. The van der Waals surface area contributed by atoms with Gasteiger partial charge < -0.3 is 11.1 Å². The van der Waals surface area contributed by atoms with Crippen LogP contribution in [-0.4, -0.2) is 17.4 Å². The third kappa shape index (κ3) is 2.06. The van der Waals surface area contributed by atoms with Gasteiger partial charge in [-0.1, -0.05) is 17.4 Å². The minimum atomic E-state index is -0.445. The Bertz CT molecular complexity index is 295. The maximum Gasteiger partial charge on any atom is 0.260 e. The van der Waals surface area contributed by atoms with Crippen molar-refractivity contribution in [3.8, 4) is 0 Å². The van der Waals surface area contributed by atoms with Crippen LogP contribution in [0.1, 0.15) is 9.67 Å². The molecule has 0 aliphatic rings. The standard InChI is InChI=1S/C7H9N3OS/c1-2-3-9-7-10-4-5(12-7)6(8)11/h2,4H,1,3H2,(H2,8,11)(H,9,10). The molecule has 0 aliphatic carbocycles. The van der Waals surface area contributed by atoms with Gasteiger partial charge in [-0.15, -0.1) is 6.58 Å². The number of hydrogen-bond donors (Lipinski definition) is 2. The Kier molecular flexibility index (Phi) is 2.82. The Balaban J connectivity index is 2.64. The zero-order chi connectivity index (χ0) is 8.97. The lowest BCUT2D eigenvalue weighted by molar-refractivity contribution is 0.100. The summed E-state index contributed by atoms with van der Waals surface area (Å²) in [7, 11) is 0. The lowest BCUT2D eigenvalue weighted by Crippen LogP contribution is -2.08. The molecule has 0 aliphatic heterocycles. The summed E-state index contributed by atoms with van der Waals surface area (Å²) >= 11 is 1.24. The van der Waals surface area contributed by atoms with Gasteiger partial charge in [0.1, 0.15) is 4.88 Å². The Labute approximate surface area is 74.1 Å². The number of rotatable bonds is 4. The summed E-state index contributed by atoms with van der Waals surface area (Å²) in [5.41, 5.74) is 5.04. The van der Waals surface area contributed by atoms with E-state index in [2.05, 4.69) is 16.9 Å². The fourth-order valence-corrected chi connectivity index (χ4v) is 1.30. The summed E-state index contributed by atoms with van der Waals surface area (Å²) < 4.78 is 0. The lowest BCUT2D eigenvalue weighted by atomic mass is 10.5. The molecule has 0 saturated carbocycles. The molecule has 64 valence electrons. The van der Waals surface area contributed by atoms with Crippen LogP contribution < -0.4 is 11.1 Å². The number of carbonyl (C=O) groups excluding carboxylic acids is 1. The monoisotopic (exact) mass is 183 g/mol. The van der Waals surface area contributed by atoms with Gasteiger partial charge in [-0.25, -0.2) is 4.98 Å². The van der Waals surface area contributed by atoms with Gasteiger partial charge in [0.25, 0.3) is 5.91 Å². The van der Waals surface area contributed by atoms with Crippen molar-refractivity contribution < 1.29 is 4.79 Å². The second-order valence-corrected chi connectivity index (χ2v) is 3.09. The molecule has 0 aromatic carbocycles. The van der Waals surface area contributed by atoms with Gasteiger partial charge in [-0.05, 0) is 0 Å². The predicted octanol–water partition coefficient (Wildman–Crippen LogP) is 0.840. The van der Waals surface area contributed by atoms with Crippen molar-refractivity contribution in [2.24, 2.45) is 5.73 Å². The average Bonchev–Trinajstić information content (AvgIpc) is 2.48. The molecule has 5 heteroatoms. The van der Waals surface area contributed by atoms with Crippen LogP contribution in [-0.2, 0) is 0 Å². The van der Waals surface area contributed by atoms with Crippen molar-refractivity contribution in [2.45, 2.75) is 0 Å². The number of carbonyl (C=O) groups is 1. The topological polar surface area (TPSA) is 68.0 Å². The Morgan fingerprint density at radius 3 is 3.17 bits per heavy atom. The van der Waals surface area contributed by atoms with Crippen LogP contribution in [0.25, 0.3) is 0 Å². The van der Waals surface area contributed by atoms with Crippen molar-refractivity contribution in [3.63, 3.8) is 0 Å². The van der Waals surface area contributed by atoms with E-state index in [0.717, 1.165) is 0 Å². The third-order valence-corrected chi connectivity index (χ3v) is 2.12. The van der Waals surface area contributed by atoms with E-state index in [1.54, 1.807) is 6.08 Å². The Morgan fingerprint density at radius 2 is 2.67 bits per heavy atom. The van der Waals surface area contributed by atoms with Gasteiger partial charge >= 0.3 is 0 Å². The first-order chi connectivity index (χ1) is 5.74. The number of amides is 1. The number of thiazole rings is 1. The number of hydrogen-bond acceptors (Lipinski definition) is 4. The highest BCUT2D eigenvalue weighted by Gasteiger charge is 2.04. The van der Waals surface area contributed by atoms with Crippen molar-refractivity contribution in [3.05, 3.63) is 23.7 Å². The maximum absolute atomic E-state index is 10.6. The van der Waals surface area contributed by atoms with Crippen molar-refractivity contribution in [1.29, 1.82) is 0 Å². The fraction of sp³-hybridized carbons (Fsp3) is 0.143. The molecule has 1 amide bonds. The van der Waals surface area contributed by atoms with Crippen molar-refractivity contribution >= 4 is 22.4 Å². The quantitative estimate of drug-likeness (QED) is 0.680. The summed E-state index contributed by atoms with van der Waals surface area (Å²) in [6.45, 7) is 4.17. The van der Waals surface area contributed by atoms with E-state index >= 15 is 0 Å². The normalized spacial score (nSPS) is 9.33. The molecule has 1 rings (SSSR count). The largest absolute Gasteiger partial charge is 0.365 e. The molecule has 12 heavy (non-hydrogen) atoms. The number of nitrogens with zero attached hydrogens (tertiary/aromatic N) is 1. The molecule has 4 nitrogen and oxygen atoms in total. The number of nitrogens with two attached hydrogens (primary N) is 1. The van der Waals surface area contributed by atoms with Gasteiger partial charge in [-0.2, -0.15) is 0 Å². The van der Waals surface area contributed by atoms with Crippen LogP contribution in [0.5, 0.6) is 0 Å². The van der Waals surface area contributed by atoms with Crippen LogP contribution in [0.2, 0.25) is 0 Å². The number of aromatic nitrogens is 1. The summed E-state index contributed by atoms with van der Waals surface area (Å²) in [5.74, 6) is -0.445. The van der Waals surface area contributed by atoms with E-state index in [-0.39, 0.29) is 0 Å². The average molecular weight is 183 g/mol. The second kappa shape index (κ2) is 3.87. The van der Waals surface area contributed by atoms with E-state index in [1.807, 2.05) is 0 Å². The van der Waals surface area contributed by atoms with Crippen LogP contribution in [0, 0.1) is 0 Å². The summed E-state index contributed by atoms with van der Waals surface area (Å²) in [6, 6.07) is 0. The molecule has 0 fully saturated rings. The van der Waals surface area contributed by atoms with Crippen molar-refractivity contribution in [1.82, 2.24) is 4.98 Å². The van der Waals surface area contributed by atoms with E-state index in [9.17, 15) is 4.79 Å². The zero-order valence-corrected chi connectivity index (χ0v) is 7.23. The first-order valence-corrected chi connectivity index (χ1v) is 4.16. The van der Waals surface area contributed by atoms with Gasteiger partial charge in [0.2, 0.25) is 0 Å². The lowest BCUT2D eigenvalue weighted by Gasteiger charge is -1.93. The molecule has 1 heterocycles. The second-order valence-electron chi connectivity index (χ2n) is 2.06. The SMILES string of the molecule is C=CCNc1ncc(C(N)=O)s1. The van der Waals surface area contributed by atoms with Crippen LogP contribution in [0.15, 0.2) is 18.9 Å². The zero-order valence-electron chi connectivity index (χ0n) is 6.41. The molecule has 0 spiro atoms. The highest BCUT2D eigenvalue weighted by Crippen LogP contribution is 2.16. The molecule has 0 unspecified atom stereocenters. The van der Waals surface area contributed by atoms with E-state index in [0.29, 0.717) is 16.6 Å². The van der Waals surface area contributed by atoms with E-state index in [1.165, 1.54) is 17.5 Å². The molecule has 0 radical (unpaired) electrons. The van der Waals surface area contributed by atoms with E-state index in [4.69, 9.17) is 5.73 Å². The Morgan fingerprint density at radius 1 is 1.92 bits per heavy atom. The third-order valence-electron chi connectivity index (χ3n) is 1.15. The predicted molar refractivity (Wildman–Crippen MR) is 49.3 cm³/mol. The molecule has 0 saturated heterocycles. The molecule has 1 aromatic heterocycles. The number of anilines is 1. The maximum atomic E-state index is 10.6. The Hall–Kier alpha value is -1.36. The number of nitrogens with one attached hydrogen (secondary N) is 1. The first kappa shape index (κ1) is 8.73. The van der Waals surface area contributed by atoms with Crippen LogP contribution in [0.4, 0.5) is 5.13 Å². The summed E-state index contributed by atoms with van der Waals surface area (Å²) in [4.78, 5) is 15.0.